The van der Waals surface area contributed by atoms with Crippen molar-refractivity contribution in [1.82, 2.24) is 5.32 Å². The molecule has 1 aromatic carbocycles. The molecule has 0 unspecified atom stereocenters. The number of ether oxygens (including phenoxy) is 1. The summed E-state index contributed by atoms with van der Waals surface area (Å²) in [4.78, 5) is 0. The number of nitrogens with one attached hydrogen (secondary N) is 1. The Bertz CT molecular complexity index is 491. The smallest absolute Gasteiger partial charge is 0.209 e. The van der Waals surface area contributed by atoms with Gasteiger partial charge in [-0.1, -0.05) is 15.9 Å². The zero-order chi connectivity index (χ0) is 13.6. The Kier molecular flexibility index (Phi) is 6.07. The molecule has 0 aliphatic rings. The van der Waals surface area contributed by atoms with Gasteiger partial charge >= 0.3 is 0 Å². The highest BCUT2D eigenvalue weighted by molar-refractivity contribution is 9.10. The maximum absolute atomic E-state index is 10.7. The minimum absolute atomic E-state index is 0.00435. The van der Waals surface area contributed by atoms with Crippen molar-refractivity contribution in [3.63, 3.8) is 0 Å². The van der Waals surface area contributed by atoms with Crippen LogP contribution in [0.3, 0.4) is 0 Å². The van der Waals surface area contributed by atoms with Gasteiger partial charge in [-0.25, -0.2) is 13.6 Å². The third kappa shape index (κ3) is 5.81. The summed E-state index contributed by atoms with van der Waals surface area (Å²) in [6, 6.07) is 5.75. The third-order valence-electron chi connectivity index (χ3n) is 2.34. The molecule has 7 heteroatoms. The number of primary sulfonamides is 1. The summed E-state index contributed by atoms with van der Waals surface area (Å²) in [5.74, 6) is 0.799. The summed E-state index contributed by atoms with van der Waals surface area (Å²) < 4.78 is 27.7. The Balaban J connectivity index is 2.41. The number of nitrogens with two attached hydrogens (primary N) is 1. The van der Waals surface area contributed by atoms with Crippen molar-refractivity contribution >= 4 is 26.0 Å². The third-order valence-corrected chi connectivity index (χ3v) is 3.69. The van der Waals surface area contributed by atoms with Crippen molar-refractivity contribution in [2.75, 3.05) is 19.4 Å². The Morgan fingerprint density at radius 1 is 1.44 bits per heavy atom. The van der Waals surface area contributed by atoms with Crippen LogP contribution in [0.25, 0.3) is 0 Å². The molecule has 0 amide bonds. The summed E-state index contributed by atoms with van der Waals surface area (Å²) in [5, 5.41) is 8.07. The Morgan fingerprint density at radius 3 is 2.78 bits per heavy atom. The molecule has 0 spiro atoms. The fraction of sp³-hybridized carbons (Fsp3) is 0.455. The molecule has 0 bridgehead atoms. The zero-order valence-electron chi connectivity index (χ0n) is 10.1. The molecule has 0 saturated carbocycles. The second-order valence-corrected chi connectivity index (χ2v) is 6.50. The molecule has 0 saturated heterocycles. The van der Waals surface area contributed by atoms with Crippen LogP contribution in [-0.4, -0.2) is 27.8 Å². The summed E-state index contributed by atoms with van der Waals surface area (Å²) in [6.45, 7) is 1.21. The van der Waals surface area contributed by atoms with E-state index in [0.29, 0.717) is 19.5 Å². The van der Waals surface area contributed by atoms with E-state index in [4.69, 9.17) is 9.88 Å². The maximum atomic E-state index is 10.7. The molecule has 1 aromatic rings. The Morgan fingerprint density at radius 2 is 2.17 bits per heavy atom. The Hall–Kier alpha value is -0.630. The highest BCUT2D eigenvalue weighted by Crippen LogP contribution is 2.22. The van der Waals surface area contributed by atoms with Crippen LogP contribution in [0, 0.1) is 0 Å². The van der Waals surface area contributed by atoms with Crippen molar-refractivity contribution in [3.05, 3.63) is 28.2 Å². The molecule has 0 radical (unpaired) electrons. The normalized spacial score (nSPS) is 11.5. The van der Waals surface area contributed by atoms with Crippen LogP contribution in [0.2, 0.25) is 0 Å². The van der Waals surface area contributed by atoms with Gasteiger partial charge in [0.25, 0.3) is 0 Å². The summed E-state index contributed by atoms with van der Waals surface area (Å²) in [7, 11) is -1.74. The number of methoxy groups -OCH3 is 1. The summed E-state index contributed by atoms with van der Waals surface area (Å²) >= 11 is 3.40. The average Bonchev–Trinajstić information content (AvgIpc) is 2.27. The van der Waals surface area contributed by atoms with E-state index in [1.807, 2.05) is 18.2 Å². The predicted molar refractivity (Wildman–Crippen MR) is 75.0 cm³/mol. The van der Waals surface area contributed by atoms with Gasteiger partial charge in [-0.05, 0) is 31.2 Å². The topological polar surface area (TPSA) is 81.4 Å². The van der Waals surface area contributed by atoms with Crippen LogP contribution in [0.1, 0.15) is 12.0 Å². The van der Waals surface area contributed by atoms with Gasteiger partial charge in [-0.3, -0.25) is 0 Å². The largest absolute Gasteiger partial charge is 0.496 e. The van der Waals surface area contributed by atoms with Crippen molar-refractivity contribution in [2.24, 2.45) is 5.14 Å². The van der Waals surface area contributed by atoms with Gasteiger partial charge < -0.3 is 10.1 Å². The first-order valence-electron chi connectivity index (χ1n) is 5.46. The lowest BCUT2D eigenvalue weighted by atomic mass is 10.2. The highest BCUT2D eigenvalue weighted by atomic mass is 79.9. The van der Waals surface area contributed by atoms with E-state index in [1.165, 1.54) is 0 Å². The van der Waals surface area contributed by atoms with Gasteiger partial charge in [0, 0.05) is 16.6 Å². The van der Waals surface area contributed by atoms with Crippen LogP contribution >= 0.6 is 15.9 Å². The fourth-order valence-electron chi connectivity index (χ4n) is 1.51. The number of benzene rings is 1. The van der Waals surface area contributed by atoms with Crippen LogP contribution in [0.15, 0.2) is 22.7 Å². The highest BCUT2D eigenvalue weighted by Gasteiger charge is 2.04. The standard InChI is InChI=1S/C11H17BrN2O3S/c1-17-11-4-3-10(12)7-9(11)8-14-5-2-6-18(13,15)16/h3-4,7,14H,2,5-6,8H2,1H3,(H2,13,15,16). The van der Waals surface area contributed by atoms with Crippen LogP contribution in [0.5, 0.6) is 5.75 Å². The fourth-order valence-corrected chi connectivity index (χ4v) is 2.46. The van der Waals surface area contributed by atoms with Gasteiger partial charge in [0.05, 0.1) is 12.9 Å². The van der Waals surface area contributed by atoms with Gasteiger partial charge in [-0.15, -0.1) is 0 Å². The van der Waals surface area contributed by atoms with Gasteiger partial charge in [-0.2, -0.15) is 0 Å². The zero-order valence-corrected chi connectivity index (χ0v) is 12.6. The molecule has 0 heterocycles. The molecule has 3 N–H and O–H groups in total. The minimum Gasteiger partial charge on any atom is -0.496 e. The van der Waals surface area contributed by atoms with E-state index in [1.54, 1.807) is 7.11 Å². The molecule has 0 atom stereocenters. The van der Waals surface area contributed by atoms with Crippen LogP contribution in [-0.2, 0) is 16.6 Å². The first-order valence-corrected chi connectivity index (χ1v) is 7.97. The molecular formula is C11H17BrN2O3S. The minimum atomic E-state index is -3.36. The molecule has 0 fully saturated rings. The molecule has 5 nitrogen and oxygen atoms in total. The van der Waals surface area contributed by atoms with Gasteiger partial charge in [0.2, 0.25) is 10.0 Å². The van der Waals surface area contributed by atoms with Crippen molar-refractivity contribution < 1.29 is 13.2 Å². The summed E-state index contributed by atoms with van der Waals surface area (Å²) in [5.41, 5.74) is 1.02. The molecule has 1 rings (SSSR count). The monoisotopic (exact) mass is 336 g/mol. The first-order chi connectivity index (χ1) is 8.42. The number of halogens is 1. The SMILES string of the molecule is COc1ccc(Br)cc1CNCCCS(N)(=O)=O. The van der Waals surface area contributed by atoms with E-state index in [2.05, 4.69) is 21.2 Å². The number of hydrogen-bond donors (Lipinski definition) is 2. The molecule has 0 aliphatic carbocycles. The molecular weight excluding hydrogens is 320 g/mol. The number of hydrogen-bond acceptors (Lipinski definition) is 4. The lowest BCUT2D eigenvalue weighted by Crippen LogP contribution is -2.22. The lowest BCUT2D eigenvalue weighted by molar-refractivity contribution is 0.407. The Labute approximate surface area is 116 Å². The molecule has 0 aliphatic heterocycles. The molecule has 102 valence electrons. The second-order valence-electron chi connectivity index (χ2n) is 3.85. The van der Waals surface area contributed by atoms with E-state index < -0.39 is 10.0 Å². The van der Waals surface area contributed by atoms with E-state index >= 15 is 0 Å². The lowest BCUT2D eigenvalue weighted by Gasteiger charge is -2.10. The first kappa shape index (κ1) is 15.4. The van der Waals surface area contributed by atoms with Crippen molar-refractivity contribution in [2.45, 2.75) is 13.0 Å². The van der Waals surface area contributed by atoms with Gasteiger partial charge in [0.1, 0.15) is 5.75 Å². The average molecular weight is 337 g/mol. The maximum Gasteiger partial charge on any atom is 0.209 e. The van der Waals surface area contributed by atoms with Crippen LogP contribution in [0.4, 0.5) is 0 Å². The quantitative estimate of drug-likeness (QED) is 0.733. The molecule has 0 aromatic heterocycles. The molecule has 18 heavy (non-hydrogen) atoms. The van der Waals surface area contributed by atoms with E-state index in [0.717, 1.165) is 15.8 Å². The van der Waals surface area contributed by atoms with Crippen LogP contribution < -0.4 is 15.2 Å². The van der Waals surface area contributed by atoms with E-state index in [-0.39, 0.29) is 5.75 Å². The van der Waals surface area contributed by atoms with E-state index in [9.17, 15) is 8.42 Å². The number of rotatable bonds is 7. The second kappa shape index (κ2) is 7.08. The predicted octanol–water partition coefficient (Wildman–Crippen LogP) is 1.23. The summed E-state index contributed by atoms with van der Waals surface area (Å²) in [6.07, 6.45) is 0.495. The van der Waals surface area contributed by atoms with Gasteiger partial charge in [0.15, 0.2) is 0 Å². The van der Waals surface area contributed by atoms with Crippen molar-refractivity contribution in [3.8, 4) is 5.75 Å². The van der Waals surface area contributed by atoms with Crippen molar-refractivity contribution in [1.29, 1.82) is 0 Å². The number of sulfonamides is 1.